The largest absolute Gasteiger partial charge is 0.481 e. The number of nitrogens with two attached hydrogens (primary N) is 1. The minimum absolute atomic E-state index is 0.00104. The number of esters is 2. The fourth-order valence-corrected chi connectivity index (χ4v) is 5.71. The quantitative estimate of drug-likeness (QED) is 0.0296. The first-order valence-corrected chi connectivity index (χ1v) is 17.3. The van der Waals surface area contributed by atoms with E-state index in [4.69, 9.17) is 25.4 Å². The lowest BCUT2D eigenvalue weighted by molar-refractivity contribution is -0.177. The van der Waals surface area contributed by atoms with Crippen LogP contribution in [0.2, 0.25) is 0 Å². The number of carboxylic acid groups (broad SMARTS) is 4. The van der Waals surface area contributed by atoms with Crippen molar-refractivity contribution < 1.29 is 78.8 Å². The molecule has 10 atom stereocenters. The van der Waals surface area contributed by atoms with Gasteiger partial charge < -0.3 is 55.7 Å². The molecule has 0 saturated heterocycles. The highest BCUT2D eigenvalue weighted by atomic mass is 16.6. The Hall–Kier alpha value is -3.67. The van der Waals surface area contributed by atoms with Gasteiger partial charge in [-0.2, -0.15) is 0 Å². The van der Waals surface area contributed by atoms with Crippen LogP contribution >= 0.6 is 0 Å². The third kappa shape index (κ3) is 21.3. The maximum Gasteiger partial charge on any atom is 0.307 e. The molecule has 0 spiro atoms. The van der Waals surface area contributed by atoms with Crippen LogP contribution in [-0.4, -0.2) is 114 Å². The van der Waals surface area contributed by atoms with Crippen molar-refractivity contribution in [2.24, 2.45) is 29.4 Å². The fourth-order valence-electron chi connectivity index (χ4n) is 5.71. The second-order valence-corrected chi connectivity index (χ2v) is 13.5. The van der Waals surface area contributed by atoms with Crippen LogP contribution in [0.15, 0.2) is 0 Å². The van der Waals surface area contributed by atoms with Crippen LogP contribution < -0.4 is 5.73 Å². The average molecular weight is 736 g/mol. The average Bonchev–Trinajstić information content (AvgIpc) is 3.02. The predicted octanol–water partition coefficient (Wildman–Crippen LogP) is 1.74. The summed E-state index contributed by atoms with van der Waals surface area (Å²) in [5, 5.41) is 67.7. The summed E-state index contributed by atoms with van der Waals surface area (Å²) < 4.78 is 11.4. The third-order valence-electron chi connectivity index (χ3n) is 8.61. The lowest BCUT2D eigenvalue weighted by Crippen LogP contribution is -2.42. The molecule has 294 valence electrons. The lowest BCUT2D eigenvalue weighted by Gasteiger charge is -2.33. The van der Waals surface area contributed by atoms with Crippen molar-refractivity contribution in [3.8, 4) is 0 Å². The standard InChI is InChI=1S/C34H57NO16/c1-4-5-8-20(3)32(51-31(45)16-22(34(48)49)14-29(42)43)27(50-30(44)15-21(33(46)47)13-28(40)41)12-19(2)11-23(37)9-6-7-10-24(38)17-26(39)25(35)18-36/h18-27,32,37-39H,4-17,35H2,1-3H3,(H,40,41)(H,42,43)(H,46,47)(H,48,49). The third-order valence-corrected chi connectivity index (χ3v) is 8.61. The number of ether oxygens (including phenoxy) is 2. The van der Waals surface area contributed by atoms with Crippen LogP contribution in [0.25, 0.3) is 0 Å². The number of rotatable bonds is 30. The molecule has 10 unspecified atom stereocenters. The van der Waals surface area contributed by atoms with Gasteiger partial charge in [-0.05, 0) is 43.9 Å². The summed E-state index contributed by atoms with van der Waals surface area (Å²) >= 11 is 0. The zero-order valence-corrected chi connectivity index (χ0v) is 29.6. The summed E-state index contributed by atoms with van der Waals surface area (Å²) in [7, 11) is 0. The second-order valence-electron chi connectivity index (χ2n) is 13.5. The van der Waals surface area contributed by atoms with Gasteiger partial charge in [0.25, 0.3) is 0 Å². The van der Waals surface area contributed by atoms with Crippen LogP contribution in [-0.2, 0) is 43.0 Å². The molecule has 17 nitrogen and oxygen atoms in total. The Bertz CT molecular complexity index is 1120. The van der Waals surface area contributed by atoms with Gasteiger partial charge >= 0.3 is 35.8 Å². The molecule has 0 amide bonds. The van der Waals surface area contributed by atoms with E-state index < -0.39 is 122 Å². The van der Waals surface area contributed by atoms with Crippen LogP contribution in [0.3, 0.4) is 0 Å². The molecule has 51 heavy (non-hydrogen) atoms. The minimum atomic E-state index is -1.61. The Balaban J connectivity index is 5.96. The first-order chi connectivity index (χ1) is 23.8. The van der Waals surface area contributed by atoms with E-state index in [0.717, 1.165) is 6.42 Å². The van der Waals surface area contributed by atoms with Crippen molar-refractivity contribution >= 4 is 42.1 Å². The van der Waals surface area contributed by atoms with E-state index in [9.17, 15) is 59.1 Å². The Labute approximate surface area is 297 Å². The van der Waals surface area contributed by atoms with Crippen LogP contribution in [0, 0.1) is 23.7 Å². The van der Waals surface area contributed by atoms with Crippen LogP contribution in [0.4, 0.5) is 0 Å². The van der Waals surface area contributed by atoms with Crippen molar-refractivity contribution in [3.63, 3.8) is 0 Å². The number of unbranched alkanes of at least 4 members (excludes halogenated alkanes) is 2. The molecule has 0 aromatic rings. The number of carboxylic acids is 4. The van der Waals surface area contributed by atoms with Crippen molar-refractivity contribution in [1.29, 1.82) is 0 Å². The van der Waals surface area contributed by atoms with E-state index in [1.54, 1.807) is 13.8 Å². The van der Waals surface area contributed by atoms with Gasteiger partial charge in [0.05, 0.1) is 61.9 Å². The predicted molar refractivity (Wildman–Crippen MR) is 178 cm³/mol. The topological polar surface area (TPSA) is 306 Å². The number of aliphatic hydroxyl groups excluding tert-OH is 3. The van der Waals surface area contributed by atoms with E-state index in [1.165, 1.54) is 0 Å². The van der Waals surface area contributed by atoms with E-state index in [-0.39, 0.29) is 19.3 Å². The van der Waals surface area contributed by atoms with E-state index in [0.29, 0.717) is 44.8 Å². The van der Waals surface area contributed by atoms with Crippen molar-refractivity contribution in [2.75, 3.05) is 0 Å². The first-order valence-electron chi connectivity index (χ1n) is 17.3. The van der Waals surface area contributed by atoms with Gasteiger partial charge in [0, 0.05) is 6.42 Å². The lowest BCUT2D eigenvalue weighted by atomic mass is 9.87. The zero-order chi connectivity index (χ0) is 39.3. The van der Waals surface area contributed by atoms with Gasteiger partial charge in [-0.1, -0.05) is 46.5 Å². The van der Waals surface area contributed by atoms with Crippen LogP contribution in [0.1, 0.15) is 111 Å². The first kappa shape index (κ1) is 47.3. The van der Waals surface area contributed by atoms with Crippen molar-refractivity contribution in [1.82, 2.24) is 0 Å². The Kier molecular flexibility index (Phi) is 23.5. The van der Waals surface area contributed by atoms with Gasteiger partial charge in [0.15, 0.2) is 0 Å². The number of carbonyl (C=O) groups excluding carboxylic acids is 3. The molecule has 0 aliphatic carbocycles. The molecular weight excluding hydrogens is 678 g/mol. The summed E-state index contributed by atoms with van der Waals surface area (Å²) in [6.07, 6.45) is -4.66. The number of carbonyl (C=O) groups is 7. The Morgan fingerprint density at radius 1 is 0.667 bits per heavy atom. The maximum atomic E-state index is 13.0. The molecule has 0 heterocycles. The molecule has 17 heteroatoms. The number of hydrogen-bond acceptors (Lipinski definition) is 13. The Morgan fingerprint density at radius 3 is 1.57 bits per heavy atom. The molecule has 0 aromatic carbocycles. The SMILES string of the molecule is CCCCC(C)C(OC(=O)CC(CC(=O)O)C(=O)O)C(CC(C)CC(O)CCCCC(O)CC(O)C(N)C=O)OC(=O)CC(CC(=O)O)C(=O)O. The molecule has 0 bridgehead atoms. The van der Waals surface area contributed by atoms with Gasteiger partial charge in [0.1, 0.15) is 18.5 Å². The van der Waals surface area contributed by atoms with Crippen LogP contribution in [0.5, 0.6) is 0 Å². The highest BCUT2D eigenvalue weighted by Crippen LogP contribution is 2.29. The van der Waals surface area contributed by atoms with Crippen molar-refractivity contribution in [2.45, 2.75) is 147 Å². The Morgan fingerprint density at radius 2 is 1.14 bits per heavy atom. The molecular formula is C34H57NO16. The zero-order valence-electron chi connectivity index (χ0n) is 29.6. The normalized spacial score (nSPS) is 17.3. The number of aliphatic hydroxyl groups is 3. The molecule has 0 aliphatic rings. The highest BCUT2D eigenvalue weighted by molar-refractivity contribution is 5.84. The van der Waals surface area contributed by atoms with E-state index in [2.05, 4.69) is 0 Å². The van der Waals surface area contributed by atoms with E-state index in [1.807, 2.05) is 6.92 Å². The molecule has 0 saturated carbocycles. The van der Waals surface area contributed by atoms with Gasteiger partial charge in [-0.25, -0.2) is 0 Å². The molecule has 0 fully saturated rings. The number of aldehydes is 1. The summed E-state index contributed by atoms with van der Waals surface area (Å²) in [6, 6.07) is -1.11. The molecule has 0 radical (unpaired) electrons. The van der Waals surface area contributed by atoms with Gasteiger partial charge in [-0.15, -0.1) is 0 Å². The summed E-state index contributed by atoms with van der Waals surface area (Å²) in [4.78, 5) is 82.3. The maximum absolute atomic E-state index is 13.0. The minimum Gasteiger partial charge on any atom is -0.481 e. The highest BCUT2D eigenvalue weighted by Gasteiger charge is 2.37. The van der Waals surface area contributed by atoms with Gasteiger partial charge in [0.2, 0.25) is 0 Å². The number of hydrogen-bond donors (Lipinski definition) is 8. The second kappa shape index (κ2) is 25.3. The fraction of sp³-hybridized carbons (Fsp3) is 0.794. The van der Waals surface area contributed by atoms with E-state index >= 15 is 0 Å². The van der Waals surface area contributed by atoms with Crippen molar-refractivity contribution in [3.05, 3.63) is 0 Å². The molecule has 0 rings (SSSR count). The molecule has 0 aliphatic heterocycles. The monoisotopic (exact) mass is 735 g/mol. The molecule has 0 aromatic heterocycles. The molecule has 9 N–H and O–H groups in total. The summed E-state index contributed by atoms with van der Waals surface area (Å²) in [6.45, 7) is 5.36. The van der Waals surface area contributed by atoms with Gasteiger partial charge in [-0.3, -0.25) is 28.8 Å². The number of aliphatic carboxylic acids is 4. The summed E-state index contributed by atoms with van der Waals surface area (Å²) in [5.74, 6) is -12.1. The smallest absolute Gasteiger partial charge is 0.307 e. The summed E-state index contributed by atoms with van der Waals surface area (Å²) in [5.41, 5.74) is 5.44.